The zero-order chi connectivity index (χ0) is 14.0. The predicted octanol–water partition coefficient (Wildman–Crippen LogP) is 3.24. The van der Waals surface area contributed by atoms with Gasteiger partial charge in [0, 0.05) is 4.88 Å². The summed E-state index contributed by atoms with van der Waals surface area (Å²) >= 11 is 1.59. The molecule has 0 spiro atoms. The lowest BCUT2D eigenvalue weighted by Gasteiger charge is -2.13. The van der Waals surface area contributed by atoms with E-state index in [4.69, 9.17) is 0 Å². The van der Waals surface area contributed by atoms with Crippen LogP contribution in [-0.4, -0.2) is 14.9 Å². The summed E-state index contributed by atoms with van der Waals surface area (Å²) in [6.45, 7) is 5.84. The van der Waals surface area contributed by atoms with Gasteiger partial charge in [0.1, 0.15) is 11.9 Å². The monoisotopic (exact) mass is 278 g/mol. The van der Waals surface area contributed by atoms with Crippen molar-refractivity contribution in [2.24, 2.45) is 0 Å². The van der Waals surface area contributed by atoms with Crippen molar-refractivity contribution in [2.45, 2.75) is 26.8 Å². The van der Waals surface area contributed by atoms with E-state index in [9.17, 15) is 10.1 Å². The third-order valence-electron chi connectivity index (χ3n) is 2.66. The SMILES string of the molecule is Cc1nc(C)c(C(C)Nc2cccnc2[N+](=O)[O-])s1. The molecule has 100 valence electrons. The molecule has 0 aliphatic rings. The van der Waals surface area contributed by atoms with Crippen molar-refractivity contribution < 1.29 is 4.92 Å². The van der Waals surface area contributed by atoms with Crippen LogP contribution in [0.2, 0.25) is 0 Å². The standard InChI is InChI=1S/C12H14N4O2S/c1-7-11(19-9(3)14-7)8(2)15-10-5-4-6-13-12(10)16(17)18/h4-6,8,15H,1-3H3. The van der Waals surface area contributed by atoms with Crippen LogP contribution < -0.4 is 5.32 Å². The number of aromatic nitrogens is 2. The third kappa shape index (κ3) is 2.87. The van der Waals surface area contributed by atoms with Crippen molar-refractivity contribution in [3.63, 3.8) is 0 Å². The molecule has 0 aliphatic heterocycles. The minimum Gasteiger partial charge on any atom is -0.371 e. The van der Waals surface area contributed by atoms with Gasteiger partial charge in [-0.2, -0.15) is 0 Å². The van der Waals surface area contributed by atoms with Gasteiger partial charge in [-0.05, 0) is 42.8 Å². The summed E-state index contributed by atoms with van der Waals surface area (Å²) in [5, 5.41) is 15.0. The zero-order valence-corrected chi connectivity index (χ0v) is 11.7. The van der Waals surface area contributed by atoms with Gasteiger partial charge >= 0.3 is 5.82 Å². The average Bonchev–Trinajstić information content (AvgIpc) is 2.69. The first-order valence-electron chi connectivity index (χ1n) is 5.79. The molecule has 0 aliphatic carbocycles. The smallest absolute Gasteiger partial charge is 0.371 e. The molecule has 0 aromatic carbocycles. The molecule has 0 radical (unpaired) electrons. The largest absolute Gasteiger partial charge is 0.386 e. The lowest BCUT2D eigenvalue weighted by Crippen LogP contribution is -2.08. The Hall–Kier alpha value is -2.02. The molecule has 0 fully saturated rings. The number of anilines is 1. The number of nitrogens with one attached hydrogen (secondary N) is 1. The second-order valence-corrected chi connectivity index (χ2v) is 5.42. The minimum atomic E-state index is -0.486. The predicted molar refractivity (Wildman–Crippen MR) is 74.5 cm³/mol. The molecule has 6 nitrogen and oxygen atoms in total. The number of thiazole rings is 1. The highest BCUT2D eigenvalue weighted by Gasteiger charge is 2.19. The first-order chi connectivity index (χ1) is 8.99. The molecule has 1 atom stereocenters. The third-order valence-corrected chi connectivity index (χ3v) is 3.92. The molecule has 2 aromatic rings. The van der Waals surface area contributed by atoms with Gasteiger partial charge in [-0.25, -0.2) is 4.98 Å². The van der Waals surface area contributed by atoms with E-state index in [-0.39, 0.29) is 11.9 Å². The molecule has 0 bridgehead atoms. The topological polar surface area (TPSA) is 81.0 Å². The van der Waals surface area contributed by atoms with E-state index in [2.05, 4.69) is 15.3 Å². The lowest BCUT2D eigenvalue weighted by molar-refractivity contribution is -0.388. The van der Waals surface area contributed by atoms with E-state index < -0.39 is 4.92 Å². The van der Waals surface area contributed by atoms with E-state index in [1.54, 1.807) is 23.5 Å². The fourth-order valence-corrected chi connectivity index (χ4v) is 2.83. The van der Waals surface area contributed by atoms with Gasteiger partial charge in [0.15, 0.2) is 0 Å². The summed E-state index contributed by atoms with van der Waals surface area (Å²) in [5.74, 6) is -0.159. The molecule has 0 amide bonds. The molecule has 2 aromatic heterocycles. The summed E-state index contributed by atoms with van der Waals surface area (Å²) < 4.78 is 0. The van der Waals surface area contributed by atoms with Crippen LogP contribution >= 0.6 is 11.3 Å². The van der Waals surface area contributed by atoms with Gasteiger partial charge in [-0.1, -0.05) is 0 Å². The second kappa shape index (κ2) is 5.31. The van der Waals surface area contributed by atoms with E-state index in [0.717, 1.165) is 15.6 Å². The van der Waals surface area contributed by atoms with Crippen molar-refractivity contribution in [2.75, 3.05) is 5.32 Å². The molecular weight excluding hydrogens is 264 g/mol. The molecular formula is C12H14N4O2S. The van der Waals surface area contributed by atoms with Gasteiger partial charge in [0.05, 0.1) is 16.7 Å². The zero-order valence-electron chi connectivity index (χ0n) is 10.9. The molecule has 0 saturated carbocycles. The lowest BCUT2D eigenvalue weighted by atomic mass is 10.2. The summed E-state index contributed by atoms with van der Waals surface area (Å²) in [6.07, 6.45) is 1.41. The molecule has 1 unspecified atom stereocenters. The van der Waals surface area contributed by atoms with Crippen LogP contribution in [0.25, 0.3) is 0 Å². The Morgan fingerprint density at radius 1 is 1.47 bits per heavy atom. The molecule has 1 N–H and O–H groups in total. The molecule has 2 heterocycles. The van der Waals surface area contributed by atoms with E-state index in [1.165, 1.54) is 6.20 Å². The van der Waals surface area contributed by atoms with Crippen LogP contribution in [0.15, 0.2) is 18.3 Å². The second-order valence-electron chi connectivity index (χ2n) is 4.18. The highest BCUT2D eigenvalue weighted by Crippen LogP contribution is 2.30. The fourth-order valence-electron chi connectivity index (χ4n) is 1.90. The maximum Gasteiger partial charge on any atom is 0.386 e. The molecule has 0 saturated heterocycles. The van der Waals surface area contributed by atoms with E-state index in [1.807, 2.05) is 20.8 Å². The molecule has 19 heavy (non-hydrogen) atoms. The minimum absolute atomic E-state index is 0.0471. The number of hydrogen-bond donors (Lipinski definition) is 1. The number of aryl methyl sites for hydroxylation is 2. The first kappa shape index (κ1) is 13.4. The van der Waals surface area contributed by atoms with Crippen molar-refractivity contribution >= 4 is 22.8 Å². The Balaban J connectivity index is 2.26. The number of nitro groups is 1. The highest BCUT2D eigenvalue weighted by molar-refractivity contribution is 7.11. The Labute approximate surface area is 114 Å². The average molecular weight is 278 g/mol. The van der Waals surface area contributed by atoms with Crippen molar-refractivity contribution in [3.05, 3.63) is 44.0 Å². The summed E-state index contributed by atoms with van der Waals surface area (Å²) in [6, 6.07) is 3.28. The van der Waals surface area contributed by atoms with Crippen LogP contribution in [0, 0.1) is 24.0 Å². The quantitative estimate of drug-likeness (QED) is 0.686. The normalized spacial score (nSPS) is 12.2. The van der Waals surface area contributed by atoms with Crippen molar-refractivity contribution in [1.82, 2.24) is 9.97 Å². The number of rotatable bonds is 4. The van der Waals surface area contributed by atoms with Gasteiger partial charge in [0.25, 0.3) is 0 Å². The Bertz CT molecular complexity index is 612. The van der Waals surface area contributed by atoms with Gasteiger partial charge in [0.2, 0.25) is 0 Å². The Morgan fingerprint density at radius 2 is 2.21 bits per heavy atom. The maximum atomic E-state index is 10.9. The highest BCUT2D eigenvalue weighted by atomic mass is 32.1. The number of nitrogens with zero attached hydrogens (tertiary/aromatic N) is 3. The van der Waals surface area contributed by atoms with E-state index >= 15 is 0 Å². The summed E-state index contributed by atoms with van der Waals surface area (Å²) in [7, 11) is 0. The van der Waals surface area contributed by atoms with Crippen LogP contribution in [0.5, 0.6) is 0 Å². The molecule has 7 heteroatoms. The Morgan fingerprint density at radius 3 is 2.79 bits per heavy atom. The van der Waals surface area contributed by atoms with Crippen LogP contribution in [-0.2, 0) is 0 Å². The number of hydrogen-bond acceptors (Lipinski definition) is 6. The maximum absolute atomic E-state index is 10.9. The molecule has 2 rings (SSSR count). The van der Waals surface area contributed by atoms with Crippen LogP contribution in [0.4, 0.5) is 11.5 Å². The van der Waals surface area contributed by atoms with Crippen molar-refractivity contribution in [1.29, 1.82) is 0 Å². The number of pyridine rings is 1. The van der Waals surface area contributed by atoms with E-state index in [0.29, 0.717) is 5.69 Å². The van der Waals surface area contributed by atoms with Gasteiger partial charge in [-0.15, -0.1) is 11.3 Å². The fraction of sp³-hybridized carbons (Fsp3) is 0.333. The van der Waals surface area contributed by atoms with Gasteiger partial charge < -0.3 is 15.4 Å². The van der Waals surface area contributed by atoms with Gasteiger partial charge in [-0.3, -0.25) is 0 Å². The first-order valence-corrected chi connectivity index (χ1v) is 6.60. The van der Waals surface area contributed by atoms with Crippen LogP contribution in [0.1, 0.15) is 28.5 Å². The summed E-state index contributed by atoms with van der Waals surface area (Å²) in [4.78, 5) is 19.6. The Kier molecular flexibility index (Phi) is 3.75. The van der Waals surface area contributed by atoms with Crippen molar-refractivity contribution in [3.8, 4) is 0 Å². The summed E-state index contributed by atoms with van der Waals surface area (Å²) in [5.41, 5.74) is 1.37. The van der Waals surface area contributed by atoms with Crippen LogP contribution in [0.3, 0.4) is 0 Å².